The van der Waals surface area contributed by atoms with E-state index >= 15 is 0 Å². The van der Waals surface area contributed by atoms with Gasteiger partial charge in [0, 0.05) is 24.7 Å². The number of nitrogens with one attached hydrogen (secondary N) is 1. The maximum atomic E-state index is 12.5. The van der Waals surface area contributed by atoms with Crippen molar-refractivity contribution in [2.75, 3.05) is 6.54 Å². The van der Waals surface area contributed by atoms with Crippen molar-refractivity contribution in [2.45, 2.75) is 64.6 Å². The van der Waals surface area contributed by atoms with Crippen molar-refractivity contribution in [3.8, 4) is 0 Å². The molecule has 2 rings (SSSR count). The minimum Gasteiger partial charge on any atom is -0.334 e. The second-order valence-electron chi connectivity index (χ2n) is 6.12. The highest BCUT2D eigenvalue weighted by molar-refractivity contribution is 5.76. The molecule has 0 aliphatic carbocycles. The number of carbonyl (C=O) groups excluding carboxylic acids is 1. The fourth-order valence-electron chi connectivity index (χ4n) is 2.84. The van der Waals surface area contributed by atoms with Crippen LogP contribution in [0, 0.1) is 0 Å². The first-order valence-corrected chi connectivity index (χ1v) is 8.09. The fraction of sp³-hybridized carbons (Fsp3) is 0.647. The topological polar surface area (TPSA) is 45.2 Å². The molecule has 0 aromatic carbocycles. The van der Waals surface area contributed by atoms with Crippen LogP contribution in [0.2, 0.25) is 0 Å². The second kappa shape index (κ2) is 8.13. The molecule has 0 radical (unpaired) electrons. The summed E-state index contributed by atoms with van der Waals surface area (Å²) in [6.45, 7) is 5.84. The summed E-state index contributed by atoms with van der Waals surface area (Å²) in [5.41, 5.74) is 0.954. The molecule has 1 aliphatic rings. The third-order valence-electron chi connectivity index (χ3n) is 4.12. The first-order valence-electron chi connectivity index (χ1n) is 8.09. The second-order valence-corrected chi connectivity index (χ2v) is 6.12. The summed E-state index contributed by atoms with van der Waals surface area (Å²) in [6.07, 6.45) is 7.11. The van der Waals surface area contributed by atoms with Gasteiger partial charge in [0.05, 0.1) is 12.2 Å². The molecular weight excluding hydrogens is 262 g/mol. The number of piperidine rings is 1. The van der Waals surface area contributed by atoms with Gasteiger partial charge in [-0.1, -0.05) is 12.5 Å². The summed E-state index contributed by atoms with van der Waals surface area (Å²) in [4.78, 5) is 18.8. The highest BCUT2D eigenvalue weighted by Crippen LogP contribution is 2.14. The number of nitrogens with zero attached hydrogens (tertiary/aromatic N) is 2. The molecule has 1 atom stereocenters. The molecular formula is C17H27N3O. The lowest BCUT2D eigenvalue weighted by Gasteiger charge is -2.28. The maximum Gasteiger partial charge on any atom is 0.223 e. The first-order chi connectivity index (χ1) is 10.2. The summed E-state index contributed by atoms with van der Waals surface area (Å²) >= 11 is 0. The molecule has 1 aliphatic heterocycles. The van der Waals surface area contributed by atoms with E-state index < -0.39 is 0 Å². The molecule has 1 fully saturated rings. The lowest BCUT2D eigenvalue weighted by Crippen LogP contribution is -2.39. The molecule has 2 heterocycles. The van der Waals surface area contributed by atoms with Crippen LogP contribution in [0.5, 0.6) is 0 Å². The third-order valence-corrected chi connectivity index (χ3v) is 4.12. The Morgan fingerprint density at radius 2 is 2.29 bits per heavy atom. The number of pyridine rings is 1. The van der Waals surface area contributed by atoms with Gasteiger partial charge < -0.3 is 10.2 Å². The van der Waals surface area contributed by atoms with Crippen LogP contribution in [0.3, 0.4) is 0 Å². The molecule has 116 valence electrons. The molecule has 0 saturated carbocycles. The van der Waals surface area contributed by atoms with Gasteiger partial charge in [0.15, 0.2) is 0 Å². The maximum absolute atomic E-state index is 12.5. The number of amides is 1. The van der Waals surface area contributed by atoms with Crippen molar-refractivity contribution in [3.05, 3.63) is 30.1 Å². The van der Waals surface area contributed by atoms with Crippen LogP contribution in [-0.2, 0) is 11.3 Å². The van der Waals surface area contributed by atoms with E-state index in [0.29, 0.717) is 19.0 Å². The normalized spacial score (nSPS) is 18.7. The van der Waals surface area contributed by atoms with Crippen molar-refractivity contribution < 1.29 is 4.79 Å². The van der Waals surface area contributed by atoms with E-state index in [1.54, 1.807) is 6.20 Å². The van der Waals surface area contributed by atoms with E-state index in [9.17, 15) is 4.79 Å². The standard InChI is InChI=1S/C17H27N3O/c1-14(2)20(13-16-8-4-6-12-19-16)17(21)10-9-15-7-3-5-11-18-15/h4,6,8,12,14-15,18H,3,5,7,9-11,13H2,1-2H3. The number of hydrogen-bond acceptors (Lipinski definition) is 3. The Balaban J connectivity index is 1.86. The predicted molar refractivity (Wildman–Crippen MR) is 84.8 cm³/mol. The Labute approximate surface area is 127 Å². The third kappa shape index (κ3) is 5.12. The zero-order valence-electron chi connectivity index (χ0n) is 13.2. The fourth-order valence-corrected chi connectivity index (χ4v) is 2.84. The molecule has 1 unspecified atom stereocenters. The predicted octanol–water partition coefficient (Wildman–Crippen LogP) is 2.74. The quantitative estimate of drug-likeness (QED) is 0.876. The monoisotopic (exact) mass is 289 g/mol. The first kappa shape index (κ1) is 16.0. The average molecular weight is 289 g/mol. The number of carbonyl (C=O) groups is 1. The van der Waals surface area contributed by atoms with Gasteiger partial charge in [-0.15, -0.1) is 0 Å². The van der Waals surface area contributed by atoms with Crippen molar-refractivity contribution in [1.29, 1.82) is 0 Å². The van der Waals surface area contributed by atoms with Crippen LogP contribution >= 0.6 is 0 Å². The number of hydrogen-bond donors (Lipinski definition) is 1. The Morgan fingerprint density at radius 3 is 2.90 bits per heavy atom. The summed E-state index contributed by atoms with van der Waals surface area (Å²) in [7, 11) is 0. The van der Waals surface area contributed by atoms with Crippen molar-refractivity contribution in [2.24, 2.45) is 0 Å². The zero-order valence-corrected chi connectivity index (χ0v) is 13.2. The van der Waals surface area contributed by atoms with Crippen molar-refractivity contribution in [1.82, 2.24) is 15.2 Å². The van der Waals surface area contributed by atoms with Gasteiger partial charge in [-0.3, -0.25) is 9.78 Å². The minimum absolute atomic E-state index is 0.207. The van der Waals surface area contributed by atoms with Gasteiger partial charge in [0.25, 0.3) is 0 Å². The summed E-state index contributed by atoms with van der Waals surface area (Å²) in [6, 6.07) is 6.58. The highest BCUT2D eigenvalue weighted by Gasteiger charge is 2.20. The van der Waals surface area contributed by atoms with Crippen LogP contribution in [0.4, 0.5) is 0 Å². The molecule has 1 aromatic heterocycles. The Bertz CT molecular complexity index is 427. The van der Waals surface area contributed by atoms with Crippen molar-refractivity contribution in [3.63, 3.8) is 0 Å². The Hall–Kier alpha value is -1.42. The van der Waals surface area contributed by atoms with Crippen LogP contribution in [0.1, 0.15) is 51.6 Å². The van der Waals surface area contributed by atoms with E-state index in [-0.39, 0.29) is 11.9 Å². The Morgan fingerprint density at radius 1 is 1.43 bits per heavy atom. The lowest BCUT2D eigenvalue weighted by molar-refractivity contribution is -0.133. The minimum atomic E-state index is 0.207. The zero-order chi connectivity index (χ0) is 15.1. The van der Waals surface area contributed by atoms with E-state index in [0.717, 1.165) is 18.7 Å². The molecule has 4 heteroatoms. The van der Waals surface area contributed by atoms with E-state index in [1.165, 1.54) is 19.3 Å². The van der Waals surface area contributed by atoms with Crippen molar-refractivity contribution >= 4 is 5.91 Å². The van der Waals surface area contributed by atoms with E-state index in [2.05, 4.69) is 24.1 Å². The molecule has 1 aromatic rings. The Kier molecular flexibility index (Phi) is 6.18. The molecule has 1 N–H and O–H groups in total. The largest absolute Gasteiger partial charge is 0.334 e. The number of aromatic nitrogens is 1. The SMILES string of the molecule is CC(C)N(Cc1ccccn1)C(=O)CCC1CCCCN1. The summed E-state index contributed by atoms with van der Waals surface area (Å²) in [5.74, 6) is 0.239. The van der Waals surface area contributed by atoms with Crippen LogP contribution < -0.4 is 5.32 Å². The van der Waals surface area contributed by atoms with Crippen LogP contribution in [0.25, 0.3) is 0 Å². The van der Waals surface area contributed by atoms with Gasteiger partial charge in [0.1, 0.15) is 0 Å². The molecule has 4 nitrogen and oxygen atoms in total. The molecule has 1 amide bonds. The van der Waals surface area contributed by atoms with Crippen LogP contribution in [0.15, 0.2) is 24.4 Å². The number of rotatable bonds is 6. The molecule has 0 bridgehead atoms. The average Bonchev–Trinajstić information content (AvgIpc) is 2.52. The van der Waals surface area contributed by atoms with Gasteiger partial charge in [0.2, 0.25) is 5.91 Å². The molecule has 21 heavy (non-hydrogen) atoms. The van der Waals surface area contributed by atoms with Gasteiger partial charge in [-0.25, -0.2) is 0 Å². The van der Waals surface area contributed by atoms with E-state index in [4.69, 9.17) is 0 Å². The van der Waals surface area contributed by atoms with Crippen LogP contribution in [-0.4, -0.2) is 34.4 Å². The van der Waals surface area contributed by atoms with E-state index in [1.807, 2.05) is 23.1 Å². The summed E-state index contributed by atoms with van der Waals surface area (Å²) < 4.78 is 0. The van der Waals surface area contributed by atoms with Gasteiger partial charge >= 0.3 is 0 Å². The molecule has 0 spiro atoms. The summed E-state index contributed by atoms with van der Waals surface area (Å²) in [5, 5.41) is 3.51. The highest BCUT2D eigenvalue weighted by atomic mass is 16.2. The van der Waals surface area contributed by atoms with Gasteiger partial charge in [-0.2, -0.15) is 0 Å². The smallest absolute Gasteiger partial charge is 0.223 e. The van der Waals surface area contributed by atoms with Gasteiger partial charge in [-0.05, 0) is 51.8 Å². The molecule has 1 saturated heterocycles. The lowest BCUT2D eigenvalue weighted by atomic mass is 10.00.